The van der Waals surface area contributed by atoms with Crippen LogP contribution >= 0.6 is 0 Å². The monoisotopic (exact) mass is 343 g/mol. The van der Waals surface area contributed by atoms with Crippen LogP contribution in [-0.4, -0.2) is 24.3 Å². The minimum atomic E-state index is -0.464. The summed E-state index contributed by atoms with van der Waals surface area (Å²) in [7, 11) is 1.74. The lowest BCUT2D eigenvalue weighted by atomic mass is 9.89. The molecule has 134 valence electrons. The van der Waals surface area contributed by atoms with Crippen LogP contribution in [0.2, 0.25) is 0 Å². The van der Waals surface area contributed by atoms with Crippen molar-refractivity contribution in [1.82, 2.24) is 24.3 Å². The molecular weight excluding hydrogens is 318 g/mol. The highest BCUT2D eigenvalue weighted by Gasteiger charge is 2.27. The molecule has 25 heavy (non-hydrogen) atoms. The maximum absolute atomic E-state index is 13.1. The van der Waals surface area contributed by atoms with Gasteiger partial charge >= 0.3 is 5.69 Å². The summed E-state index contributed by atoms with van der Waals surface area (Å²) < 4.78 is 2.90. The first kappa shape index (κ1) is 16.4. The number of hydrogen-bond acceptors (Lipinski definition) is 5. The molecule has 2 saturated carbocycles. The summed E-state index contributed by atoms with van der Waals surface area (Å²) in [6, 6.07) is -0.0379. The lowest BCUT2D eigenvalue weighted by molar-refractivity contribution is 0.335. The van der Waals surface area contributed by atoms with Crippen molar-refractivity contribution in [3.63, 3.8) is 0 Å². The highest BCUT2D eigenvalue weighted by Crippen LogP contribution is 2.31. The Morgan fingerprint density at radius 1 is 0.880 bits per heavy atom. The lowest BCUT2D eigenvalue weighted by Gasteiger charge is -2.24. The van der Waals surface area contributed by atoms with Gasteiger partial charge in [-0.2, -0.15) is 10.1 Å². The molecular formula is C18H25N5O2. The second-order valence-corrected chi connectivity index (χ2v) is 7.46. The van der Waals surface area contributed by atoms with Gasteiger partial charge in [0.1, 0.15) is 0 Å². The molecule has 0 saturated heterocycles. The van der Waals surface area contributed by atoms with E-state index in [1.165, 1.54) is 30.3 Å². The molecule has 7 nitrogen and oxygen atoms in total. The van der Waals surface area contributed by atoms with Crippen molar-refractivity contribution in [2.75, 3.05) is 0 Å². The fourth-order valence-corrected chi connectivity index (χ4v) is 4.35. The third-order valence-corrected chi connectivity index (χ3v) is 5.74. The standard InChI is InChI=1S/C18H25N5O2/c1-22-16-14(19-15(21-22)12-8-4-2-5-9-12)17(24)23(18(25)20-16)13-10-6-3-7-11-13/h12-13H,2-11H2,1H3. The van der Waals surface area contributed by atoms with Crippen LogP contribution in [0.15, 0.2) is 9.59 Å². The first-order valence-corrected chi connectivity index (χ1v) is 9.52. The summed E-state index contributed by atoms with van der Waals surface area (Å²) in [5.41, 5.74) is -0.464. The first-order chi connectivity index (χ1) is 12.1. The van der Waals surface area contributed by atoms with Crippen molar-refractivity contribution in [3.05, 3.63) is 26.7 Å². The highest BCUT2D eigenvalue weighted by atomic mass is 16.2. The molecule has 0 atom stereocenters. The Morgan fingerprint density at radius 3 is 2.20 bits per heavy atom. The molecule has 0 amide bonds. The average molecular weight is 343 g/mol. The second-order valence-electron chi connectivity index (χ2n) is 7.46. The topological polar surface area (TPSA) is 82.7 Å². The number of hydrogen-bond donors (Lipinski definition) is 0. The Morgan fingerprint density at radius 2 is 1.52 bits per heavy atom. The van der Waals surface area contributed by atoms with Crippen molar-refractivity contribution >= 4 is 0 Å². The van der Waals surface area contributed by atoms with Gasteiger partial charge in [-0.15, -0.1) is 0 Å². The predicted molar refractivity (Wildman–Crippen MR) is 93.9 cm³/mol. The van der Waals surface area contributed by atoms with E-state index in [-0.39, 0.29) is 11.6 Å². The quantitative estimate of drug-likeness (QED) is 0.836. The SMILES string of the molecule is Cn1nc(C2CCCCC2)nc2c(=O)n(C3CCCCC3)c(=O)nc1-2. The fraction of sp³-hybridized carbons (Fsp3) is 0.722. The summed E-state index contributed by atoms with van der Waals surface area (Å²) >= 11 is 0. The summed E-state index contributed by atoms with van der Waals surface area (Å²) in [4.78, 5) is 34.3. The molecule has 2 heterocycles. The summed E-state index contributed by atoms with van der Waals surface area (Å²) in [5.74, 6) is 1.32. The maximum atomic E-state index is 13.1. The van der Waals surface area contributed by atoms with Crippen LogP contribution in [0, 0.1) is 0 Å². The molecule has 0 bridgehead atoms. The van der Waals surface area contributed by atoms with Gasteiger partial charge in [-0.05, 0) is 25.7 Å². The van der Waals surface area contributed by atoms with E-state index in [1.807, 2.05) is 0 Å². The van der Waals surface area contributed by atoms with E-state index in [0.29, 0.717) is 17.4 Å². The van der Waals surface area contributed by atoms with Crippen LogP contribution in [0.3, 0.4) is 0 Å². The lowest BCUT2D eigenvalue weighted by Crippen LogP contribution is -2.42. The normalized spacial score (nSPS) is 20.2. The van der Waals surface area contributed by atoms with Gasteiger partial charge in [-0.25, -0.2) is 14.5 Å². The van der Waals surface area contributed by atoms with Gasteiger partial charge in [0.25, 0.3) is 5.56 Å². The summed E-state index contributed by atoms with van der Waals surface area (Å²) in [6.07, 6.45) is 10.8. The minimum absolute atomic E-state index is 0.0379. The minimum Gasteiger partial charge on any atom is -0.267 e. The molecule has 0 unspecified atom stereocenters. The van der Waals surface area contributed by atoms with E-state index in [4.69, 9.17) is 0 Å². The van der Waals surface area contributed by atoms with Crippen LogP contribution in [0.1, 0.15) is 82.0 Å². The number of aryl methyl sites for hydroxylation is 1. The van der Waals surface area contributed by atoms with Gasteiger partial charge in [-0.3, -0.25) is 9.36 Å². The average Bonchev–Trinajstić information content (AvgIpc) is 2.64. The number of rotatable bonds is 2. The maximum Gasteiger partial charge on any atom is 0.352 e. The van der Waals surface area contributed by atoms with Gasteiger partial charge in [0.05, 0.1) is 0 Å². The molecule has 7 heteroatoms. The third-order valence-electron chi connectivity index (χ3n) is 5.74. The van der Waals surface area contributed by atoms with E-state index in [9.17, 15) is 9.59 Å². The molecule has 4 rings (SSSR count). The highest BCUT2D eigenvalue weighted by molar-refractivity contribution is 5.48. The molecule has 0 spiro atoms. The molecule has 2 fully saturated rings. The van der Waals surface area contributed by atoms with Crippen molar-refractivity contribution in [1.29, 1.82) is 0 Å². The molecule has 0 aromatic rings. The largest absolute Gasteiger partial charge is 0.352 e. The van der Waals surface area contributed by atoms with Crippen LogP contribution in [0.4, 0.5) is 0 Å². The Kier molecular flexibility index (Phi) is 4.39. The van der Waals surface area contributed by atoms with E-state index in [1.54, 1.807) is 11.7 Å². The molecule has 2 aliphatic carbocycles. The van der Waals surface area contributed by atoms with Gasteiger partial charge in [0.2, 0.25) is 0 Å². The van der Waals surface area contributed by atoms with Crippen molar-refractivity contribution in [3.8, 4) is 11.5 Å². The van der Waals surface area contributed by atoms with Crippen molar-refractivity contribution in [2.45, 2.75) is 76.2 Å². The second kappa shape index (κ2) is 6.69. The zero-order valence-electron chi connectivity index (χ0n) is 14.8. The summed E-state index contributed by atoms with van der Waals surface area (Å²) in [6.45, 7) is 0. The van der Waals surface area contributed by atoms with Crippen LogP contribution in [0.25, 0.3) is 11.5 Å². The van der Waals surface area contributed by atoms with Crippen LogP contribution in [-0.2, 0) is 7.05 Å². The smallest absolute Gasteiger partial charge is 0.267 e. The van der Waals surface area contributed by atoms with Crippen LogP contribution < -0.4 is 11.2 Å². The zero-order valence-corrected chi connectivity index (χ0v) is 14.8. The van der Waals surface area contributed by atoms with Gasteiger partial charge < -0.3 is 0 Å². The van der Waals surface area contributed by atoms with Gasteiger partial charge in [0.15, 0.2) is 17.3 Å². The molecule has 0 radical (unpaired) electrons. The first-order valence-electron chi connectivity index (χ1n) is 9.52. The van der Waals surface area contributed by atoms with Crippen LogP contribution in [0.5, 0.6) is 0 Å². The van der Waals surface area contributed by atoms with Crippen molar-refractivity contribution in [2.24, 2.45) is 7.05 Å². The zero-order chi connectivity index (χ0) is 17.4. The Bertz CT molecular complexity index is 844. The van der Waals surface area contributed by atoms with E-state index < -0.39 is 5.69 Å². The number of aromatic nitrogens is 5. The van der Waals surface area contributed by atoms with Gasteiger partial charge in [-0.1, -0.05) is 38.5 Å². The molecule has 2 aliphatic heterocycles. The van der Waals surface area contributed by atoms with E-state index in [2.05, 4.69) is 15.1 Å². The Balaban J connectivity index is 1.84. The third kappa shape index (κ3) is 3.00. The summed E-state index contributed by atoms with van der Waals surface area (Å²) in [5, 5.41) is 4.51. The van der Waals surface area contributed by atoms with E-state index >= 15 is 0 Å². The van der Waals surface area contributed by atoms with Crippen molar-refractivity contribution < 1.29 is 0 Å². The Hall–Kier alpha value is -2.05. The van der Waals surface area contributed by atoms with Gasteiger partial charge in [0, 0.05) is 19.0 Å². The predicted octanol–water partition coefficient (Wildman–Crippen LogP) is 2.39. The molecule has 0 aromatic heterocycles. The fourth-order valence-electron chi connectivity index (χ4n) is 4.35. The number of fused-ring (bicyclic) bond motifs is 1. The van der Waals surface area contributed by atoms with E-state index in [0.717, 1.165) is 44.3 Å². The molecule has 4 aliphatic rings. The molecule has 0 aromatic carbocycles. The number of nitrogens with zero attached hydrogens (tertiary/aromatic N) is 5. The Labute approximate surface area is 146 Å². The molecule has 0 N–H and O–H groups in total.